The van der Waals surface area contributed by atoms with Crippen LogP contribution in [0.4, 0.5) is 0 Å². The van der Waals surface area contributed by atoms with Gasteiger partial charge in [-0.25, -0.2) is 0 Å². The summed E-state index contributed by atoms with van der Waals surface area (Å²) in [5, 5.41) is 0. The molecule has 1 rings (SSSR count). The Balaban J connectivity index is 2.98. The molecule has 1 fully saturated rings. The highest BCUT2D eigenvalue weighted by Gasteiger charge is 2.16. The van der Waals surface area contributed by atoms with Crippen molar-refractivity contribution in [3.63, 3.8) is 0 Å². The van der Waals surface area contributed by atoms with Crippen molar-refractivity contribution in [3.8, 4) is 0 Å². The molecule has 0 atom stereocenters. The van der Waals surface area contributed by atoms with Crippen LogP contribution in [0.5, 0.6) is 0 Å². The Bertz CT molecular complexity index is 207. The average molecular weight is 186 g/mol. The van der Waals surface area contributed by atoms with Crippen molar-refractivity contribution >= 4 is 12.6 Å². The first-order chi connectivity index (χ1) is 5.63. The minimum absolute atomic E-state index is 0.615. The lowest BCUT2D eigenvalue weighted by Crippen LogP contribution is -2.15. The van der Waals surface area contributed by atoms with Crippen LogP contribution in [0, 0.1) is 0 Å². The van der Waals surface area contributed by atoms with Crippen molar-refractivity contribution in [1.82, 2.24) is 0 Å². The largest absolute Gasteiger partial charge is 0.486 e. The molecule has 0 aromatic carbocycles. The third-order valence-electron chi connectivity index (χ3n) is 1.57. The maximum absolute atomic E-state index is 5.46. The number of hydrogen-bond acceptors (Lipinski definition) is 3. The van der Waals surface area contributed by atoms with Gasteiger partial charge < -0.3 is 9.47 Å². The number of hydrogen-bond donors (Lipinski definition) is 1. The van der Waals surface area contributed by atoms with Gasteiger partial charge in [-0.05, 0) is 26.3 Å². The zero-order valence-electron chi connectivity index (χ0n) is 7.68. The Labute approximate surface area is 78.7 Å². The average Bonchev–Trinajstić information content (AvgIpc) is 2.04. The highest BCUT2D eigenvalue weighted by Crippen LogP contribution is 2.25. The molecule has 0 radical (unpaired) electrons. The first-order valence-corrected chi connectivity index (χ1v) is 4.41. The van der Waals surface area contributed by atoms with Crippen LogP contribution in [-0.4, -0.2) is 13.2 Å². The van der Waals surface area contributed by atoms with Crippen LogP contribution in [0.1, 0.15) is 20.8 Å². The predicted octanol–water partition coefficient (Wildman–Crippen LogP) is 2.49. The zero-order chi connectivity index (χ0) is 9.14. The van der Waals surface area contributed by atoms with Crippen LogP contribution in [0.25, 0.3) is 0 Å². The van der Waals surface area contributed by atoms with E-state index in [0.29, 0.717) is 13.2 Å². The van der Waals surface area contributed by atoms with Crippen molar-refractivity contribution in [2.45, 2.75) is 20.8 Å². The molecule has 2 nitrogen and oxygen atoms in total. The maximum atomic E-state index is 5.46. The van der Waals surface area contributed by atoms with Gasteiger partial charge in [-0.2, -0.15) is 0 Å². The fraction of sp³-hybridized carbons (Fsp3) is 0.556. The molecule has 0 saturated carbocycles. The lowest BCUT2D eigenvalue weighted by atomic mass is 10.2. The number of allylic oxidation sites excluding steroid dienone is 2. The third-order valence-corrected chi connectivity index (χ3v) is 1.77. The Kier molecular flexibility index (Phi) is 3.09. The van der Waals surface area contributed by atoms with Gasteiger partial charge in [0.25, 0.3) is 0 Å². The quantitative estimate of drug-likeness (QED) is 0.586. The van der Waals surface area contributed by atoms with Gasteiger partial charge in [0.05, 0.1) is 0 Å². The van der Waals surface area contributed by atoms with Gasteiger partial charge in [0.1, 0.15) is 13.2 Å². The number of ether oxygens (including phenoxy) is 2. The third kappa shape index (κ3) is 1.97. The molecule has 12 heavy (non-hydrogen) atoms. The molecule has 1 heterocycles. The molecule has 0 unspecified atom stereocenters. The second kappa shape index (κ2) is 3.90. The van der Waals surface area contributed by atoms with Crippen molar-refractivity contribution in [1.29, 1.82) is 0 Å². The van der Waals surface area contributed by atoms with E-state index >= 15 is 0 Å². The number of rotatable bonds is 0. The molecule has 0 aromatic heterocycles. The highest BCUT2D eigenvalue weighted by atomic mass is 32.1. The zero-order valence-corrected chi connectivity index (χ0v) is 8.57. The molecule has 68 valence electrons. The summed E-state index contributed by atoms with van der Waals surface area (Å²) in [6.45, 7) is 7.15. The Morgan fingerprint density at radius 1 is 1.08 bits per heavy atom. The van der Waals surface area contributed by atoms with Gasteiger partial charge in [-0.3, -0.25) is 0 Å². The van der Waals surface area contributed by atoms with Crippen LogP contribution in [0.15, 0.2) is 22.0 Å². The standard InChI is InChI=1S/C9H14O2S/c1-6(2)8-9(7(3)12)11-5-4-10-8/h12H,4-5H2,1-3H3/b9-7+. The molecule has 0 aliphatic carbocycles. The van der Waals surface area contributed by atoms with Crippen LogP contribution in [-0.2, 0) is 9.47 Å². The smallest absolute Gasteiger partial charge is 0.170 e. The molecule has 0 N–H and O–H groups in total. The molecule has 1 aliphatic heterocycles. The Morgan fingerprint density at radius 2 is 1.58 bits per heavy atom. The maximum Gasteiger partial charge on any atom is 0.170 e. The summed E-state index contributed by atoms with van der Waals surface area (Å²) >= 11 is 4.24. The Hall–Kier alpha value is -0.570. The van der Waals surface area contributed by atoms with E-state index in [-0.39, 0.29) is 0 Å². The summed E-state index contributed by atoms with van der Waals surface area (Å²) in [6, 6.07) is 0. The van der Waals surface area contributed by atoms with Gasteiger partial charge in [-0.15, -0.1) is 12.6 Å². The van der Waals surface area contributed by atoms with E-state index < -0.39 is 0 Å². The van der Waals surface area contributed by atoms with E-state index in [0.717, 1.165) is 22.0 Å². The first-order valence-electron chi connectivity index (χ1n) is 3.96. The first kappa shape index (κ1) is 9.52. The summed E-state index contributed by atoms with van der Waals surface area (Å²) in [5.41, 5.74) is 1.12. The molecular formula is C9H14O2S. The molecule has 1 aliphatic rings. The lowest BCUT2D eigenvalue weighted by molar-refractivity contribution is 0.0570. The second-order valence-electron chi connectivity index (χ2n) is 2.94. The van der Waals surface area contributed by atoms with Crippen LogP contribution in [0.3, 0.4) is 0 Å². The van der Waals surface area contributed by atoms with E-state index in [1.165, 1.54) is 0 Å². The predicted molar refractivity (Wildman–Crippen MR) is 52.0 cm³/mol. The molecule has 0 aromatic rings. The van der Waals surface area contributed by atoms with Crippen LogP contribution in [0.2, 0.25) is 0 Å². The summed E-state index contributed by atoms with van der Waals surface area (Å²) in [6.07, 6.45) is 0. The summed E-state index contributed by atoms with van der Waals surface area (Å²) in [7, 11) is 0. The minimum Gasteiger partial charge on any atom is -0.486 e. The fourth-order valence-electron chi connectivity index (χ4n) is 1.06. The molecule has 3 heteroatoms. The van der Waals surface area contributed by atoms with E-state index in [1.54, 1.807) is 0 Å². The van der Waals surface area contributed by atoms with Crippen LogP contribution < -0.4 is 0 Å². The van der Waals surface area contributed by atoms with Crippen molar-refractivity contribution < 1.29 is 9.47 Å². The van der Waals surface area contributed by atoms with Gasteiger partial charge in [0.15, 0.2) is 11.5 Å². The highest BCUT2D eigenvalue weighted by molar-refractivity contribution is 7.84. The normalized spacial score (nSPS) is 21.2. The van der Waals surface area contributed by atoms with Crippen LogP contribution >= 0.6 is 12.6 Å². The second-order valence-corrected chi connectivity index (χ2v) is 3.61. The van der Waals surface area contributed by atoms with Gasteiger partial charge >= 0.3 is 0 Å². The van der Waals surface area contributed by atoms with Crippen molar-refractivity contribution in [2.24, 2.45) is 0 Å². The van der Waals surface area contributed by atoms with E-state index in [2.05, 4.69) is 12.6 Å². The summed E-state index contributed by atoms with van der Waals surface area (Å²) < 4.78 is 10.9. The molecular weight excluding hydrogens is 172 g/mol. The monoisotopic (exact) mass is 186 g/mol. The van der Waals surface area contributed by atoms with E-state index in [9.17, 15) is 0 Å². The minimum atomic E-state index is 0.615. The number of thiol groups is 1. The molecule has 0 spiro atoms. The van der Waals surface area contributed by atoms with Crippen molar-refractivity contribution in [3.05, 3.63) is 22.0 Å². The van der Waals surface area contributed by atoms with E-state index in [1.807, 2.05) is 20.8 Å². The summed E-state index contributed by atoms with van der Waals surface area (Å²) in [5.74, 6) is 1.62. The van der Waals surface area contributed by atoms with Crippen molar-refractivity contribution in [2.75, 3.05) is 13.2 Å². The van der Waals surface area contributed by atoms with Gasteiger partial charge in [0, 0.05) is 4.91 Å². The summed E-state index contributed by atoms with van der Waals surface area (Å²) in [4.78, 5) is 0.867. The van der Waals surface area contributed by atoms with E-state index in [4.69, 9.17) is 9.47 Å². The van der Waals surface area contributed by atoms with Gasteiger partial charge in [-0.1, -0.05) is 0 Å². The Morgan fingerprint density at radius 3 is 1.92 bits per heavy atom. The molecule has 1 saturated heterocycles. The topological polar surface area (TPSA) is 18.5 Å². The molecule has 0 amide bonds. The van der Waals surface area contributed by atoms with Gasteiger partial charge in [0.2, 0.25) is 0 Å². The molecule has 0 bridgehead atoms. The lowest BCUT2D eigenvalue weighted by Gasteiger charge is -2.22. The fourth-order valence-corrected chi connectivity index (χ4v) is 1.22. The SMILES string of the molecule is CC(C)=C1OCCO/C1=C(\C)S.